The first-order valence-electron chi connectivity index (χ1n) is 11.2. The molecule has 0 aliphatic carbocycles. The first kappa shape index (κ1) is 22.0. The van der Waals surface area contributed by atoms with Crippen molar-refractivity contribution in [3.8, 4) is 11.5 Å². The molecular weight excluding hydrogens is 434 g/mol. The average molecular weight is 462 g/mol. The van der Waals surface area contributed by atoms with Crippen LogP contribution in [0.3, 0.4) is 0 Å². The van der Waals surface area contributed by atoms with Crippen LogP contribution in [0.15, 0.2) is 42.7 Å². The molecule has 4 heterocycles. The van der Waals surface area contributed by atoms with Gasteiger partial charge in [-0.25, -0.2) is 9.31 Å². The van der Waals surface area contributed by atoms with E-state index in [4.69, 9.17) is 4.74 Å². The minimum Gasteiger partial charge on any atom is -0.455 e. The lowest BCUT2D eigenvalue weighted by molar-refractivity contribution is 0.0572. The molecule has 2 N–H and O–H groups in total. The van der Waals surface area contributed by atoms with Crippen LogP contribution in [0.5, 0.6) is 11.5 Å². The Bertz CT molecular complexity index is 1450. The average Bonchev–Trinajstić information content (AvgIpc) is 3.45. The fraction of sp³-hybridized carbons (Fsp3) is 0.320. The van der Waals surface area contributed by atoms with E-state index < -0.39 is 5.60 Å². The highest BCUT2D eigenvalue weighted by Gasteiger charge is 2.35. The molecule has 1 aromatic carbocycles. The number of ether oxygens (including phenoxy) is 1. The van der Waals surface area contributed by atoms with E-state index in [0.717, 1.165) is 22.2 Å². The number of aliphatic hydroxyl groups is 1. The van der Waals surface area contributed by atoms with Gasteiger partial charge >= 0.3 is 6.03 Å². The Morgan fingerprint density at radius 1 is 1.21 bits per heavy atom. The monoisotopic (exact) mass is 461 g/mol. The second-order valence-electron chi connectivity index (χ2n) is 9.13. The largest absolute Gasteiger partial charge is 0.455 e. The Morgan fingerprint density at radius 2 is 2.00 bits per heavy atom. The Hall–Kier alpha value is -3.85. The summed E-state index contributed by atoms with van der Waals surface area (Å²) in [6, 6.07) is 9.05. The van der Waals surface area contributed by atoms with Gasteiger partial charge in [-0.2, -0.15) is 5.10 Å². The van der Waals surface area contributed by atoms with Gasteiger partial charge in [0.2, 0.25) is 0 Å². The van der Waals surface area contributed by atoms with Gasteiger partial charge in [-0.3, -0.25) is 9.36 Å². The molecule has 0 unspecified atom stereocenters. The normalized spacial score (nSPS) is 18.1. The molecule has 1 fully saturated rings. The highest BCUT2D eigenvalue weighted by Crippen LogP contribution is 2.33. The first-order chi connectivity index (χ1) is 16.2. The number of hydrogen-bond donors (Lipinski definition) is 2. The van der Waals surface area contributed by atoms with Crippen LogP contribution in [0.2, 0.25) is 0 Å². The zero-order chi connectivity index (χ0) is 24.2. The number of aryl methyl sites for hydroxylation is 2. The van der Waals surface area contributed by atoms with Gasteiger partial charge in [0, 0.05) is 43.5 Å². The molecule has 2 amide bonds. The molecule has 9 heteroatoms. The number of carbonyl (C=O) groups is 2. The van der Waals surface area contributed by atoms with Gasteiger partial charge < -0.3 is 20.1 Å². The van der Waals surface area contributed by atoms with Gasteiger partial charge in [0.15, 0.2) is 5.75 Å². The van der Waals surface area contributed by atoms with E-state index in [1.165, 1.54) is 0 Å². The number of fused-ring (bicyclic) bond motifs is 2. The summed E-state index contributed by atoms with van der Waals surface area (Å²) in [7, 11) is 1.60. The number of nitrogens with one attached hydrogen (secondary N) is 1. The van der Waals surface area contributed by atoms with E-state index in [0.29, 0.717) is 42.1 Å². The molecule has 3 aromatic heterocycles. The maximum atomic E-state index is 13.2. The molecule has 34 heavy (non-hydrogen) atoms. The van der Waals surface area contributed by atoms with Gasteiger partial charge in [-0.15, -0.1) is 0 Å². The third-order valence-electron chi connectivity index (χ3n) is 6.46. The first-order valence-corrected chi connectivity index (χ1v) is 11.2. The van der Waals surface area contributed by atoms with Crippen LogP contribution < -0.4 is 10.1 Å². The molecule has 1 atom stereocenters. The standard InChI is InChI=1S/C25H27N5O4/c1-15-11-17-12-18(5-6-20(17)30(15)24(32)26-4)34-21-7-9-27-29-13-19(16(2)22(21)29)23(31)28-10-8-25(3,33)14-28/h5-7,9,11-13,33H,8,10,14H2,1-4H3,(H,26,32)/t25-/m1/s1. The van der Waals surface area contributed by atoms with E-state index in [2.05, 4.69) is 10.4 Å². The Morgan fingerprint density at radius 3 is 2.71 bits per heavy atom. The number of rotatable bonds is 3. The van der Waals surface area contributed by atoms with E-state index in [-0.39, 0.29) is 11.9 Å². The van der Waals surface area contributed by atoms with Crippen molar-refractivity contribution in [2.45, 2.75) is 32.8 Å². The predicted molar refractivity (Wildman–Crippen MR) is 128 cm³/mol. The van der Waals surface area contributed by atoms with Gasteiger partial charge in [0.1, 0.15) is 11.3 Å². The van der Waals surface area contributed by atoms with Crippen molar-refractivity contribution in [2.75, 3.05) is 20.1 Å². The summed E-state index contributed by atoms with van der Waals surface area (Å²) in [6.45, 7) is 6.33. The highest BCUT2D eigenvalue weighted by molar-refractivity contribution is 5.98. The van der Waals surface area contributed by atoms with Crippen LogP contribution >= 0.6 is 0 Å². The second kappa shape index (κ2) is 7.88. The van der Waals surface area contributed by atoms with E-state index in [1.54, 1.807) is 46.4 Å². The Balaban J connectivity index is 1.49. The van der Waals surface area contributed by atoms with Crippen molar-refractivity contribution in [3.05, 3.63) is 59.5 Å². The summed E-state index contributed by atoms with van der Waals surface area (Å²) in [5, 5.41) is 18.2. The zero-order valence-corrected chi connectivity index (χ0v) is 19.6. The molecule has 1 aliphatic heterocycles. The summed E-state index contributed by atoms with van der Waals surface area (Å²) in [6.07, 6.45) is 3.89. The van der Waals surface area contributed by atoms with Gasteiger partial charge in [-0.1, -0.05) is 0 Å². The molecule has 176 valence electrons. The Kier molecular flexibility index (Phi) is 5.09. The predicted octanol–water partition coefficient (Wildman–Crippen LogP) is 3.48. The van der Waals surface area contributed by atoms with Crippen molar-refractivity contribution < 1.29 is 19.4 Å². The number of hydrogen-bond acceptors (Lipinski definition) is 5. The van der Waals surface area contributed by atoms with Crippen LogP contribution in [0.25, 0.3) is 16.4 Å². The Labute approximate surface area is 196 Å². The van der Waals surface area contributed by atoms with E-state index in [9.17, 15) is 14.7 Å². The summed E-state index contributed by atoms with van der Waals surface area (Å²) in [5.74, 6) is 1.06. The molecule has 1 saturated heterocycles. The number of aromatic nitrogens is 3. The summed E-state index contributed by atoms with van der Waals surface area (Å²) >= 11 is 0. The van der Waals surface area contributed by atoms with Crippen molar-refractivity contribution in [1.82, 2.24) is 24.4 Å². The number of carbonyl (C=O) groups excluding carboxylic acids is 2. The molecule has 4 aromatic rings. The molecular formula is C25H27N5O4. The fourth-order valence-corrected chi connectivity index (χ4v) is 4.71. The van der Waals surface area contributed by atoms with Crippen molar-refractivity contribution in [3.63, 3.8) is 0 Å². The molecule has 0 bridgehead atoms. The lowest BCUT2D eigenvalue weighted by atomic mass is 10.1. The summed E-state index contributed by atoms with van der Waals surface area (Å²) < 4.78 is 9.50. The van der Waals surface area contributed by atoms with Crippen molar-refractivity contribution >= 4 is 28.4 Å². The van der Waals surface area contributed by atoms with Crippen LogP contribution in [0.4, 0.5) is 4.79 Å². The van der Waals surface area contributed by atoms with Gasteiger partial charge in [0.05, 0.1) is 22.9 Å². The number of likely N-dealkylation sites (tertiary alicyclic amines) is 1. The molecule has 0 radical (unpaired) electrons. The molecule has 1 aliphatic rings. The smallest absolute Gasteiger partial charge is 0.325 e. The number of amides is 2. The second-order valence-corrected chi connectivity index (χ2v) is 9.13. The lowest BCUT2D eigenvalue weighted by Gasteiger charge is -2.18. The van der Waals surface area contributed by atoms with Crippen molar-refractivity contribution in [1.29, 1.82) is 0 Å². The molecule has 5 rings (SSSR count). The fourth-order valence-electron chi connectivity index (χ4n) is 4.71. The highest BCUT2D eigenvalue weighted by atomic mass is 16.5. The van der Waals surface area contributed by atoms with Crippen LogP contribution in [-0.4, -0.2) is 61.9 Å². The van der Waals surface area contributed by atoms with E-state index in [1.807, 2.05) is 38.1 Å². The molecule has 9 nitrogen and oxygen atoms in total. The topological polar surface area (TPSA) is 101 Å². The minimum atomic E-state index is -0.858. The summed E-state index contributed by atoms with van der Waals surface area (Å²) in [4.78, 5) is 27.1. The third kappa shape index (κ3) is 3.58. The lowest BCUT2D eigenvalue weighted by Crippen LogP contribution is -2.34. The minimum absolute atomic E-state index is 0.126. The van der Waals surface area contributed by atoms with E-state index >= 15 is 0 Å². The SMILES string of the molecule is CNC(=O)n1c(C)cc2cc(Oc3ccnn4cc(C(=O)N5CC[C@@](C)(O)C5)c(C)c34)ccc21. The van der Waals surface area contributed by atoms with Gasteiger partial charge in [-0.05, 0) is 57.0 Å². The molecule has 0 spiro atoms. The third-order valence-corrected chi connectivity index (χ3v) is 6.46. The number of nitrogens with zero attached hydrogens (tertiary/aromatic N) is 4. The maximum absolute atomic E-state index is 13.2. The number of β-amino-alcohol motifs (C(OH)–C–C–N with tert-alkyl or cyclic N) is 1. The van der Waals surface area contributed by atoms with Crippen LogP contribution in [-0.2, 0) is 0 Å². The van der Waals surface area contributed by atoms with Crippen LogP contribution in [0, 0.1) is 13.8 Å². The quantitative estimate of drug-likeness (QED) is 0.486. The van der Waals surface area contributed by atoms with Crippen LogP contribution in [0.1, 0.15) is 35.0 Å². The van der Waals surface area contributed by atoms with Gasteiger partial charge in [0.25, 0.3) is 5.91 Å². The maximum Gasteiger partial charge on any atom is 0.325 e. The molecule has 0 saturated carbocycles. The number of benzene rings is 1. The summed E-state index contributed by atoms with van der Waals surface area (Å²) in [5.41, 5.74) is 2.76. The zero-order valence-electron chi connectivity index (χ0n) is 19.6. The van der Waals surface area contributed by atoms with Crippen molar-refractivity contribution in [2.24, 2.45) is 0 Å².